The topological polar surface area (TPSA) is 85.2 Å². The number of nitrogens with two attached hydrogens (primary N) is 1. The van der Waals surface area contributed by atoms with E-state index >= 15 is 0 Å². The molecule has 2 N–H and O–H groups in total. The van der Waals surface area contributed by atoms with E-state index in [0.717, 1.165) is 26.1 Å². The number of epoxide rings is 2. The number of rotatable bonds is 4. The van der Waals surface area contributed by atoms with E-state index in [-0.39, 0.29) is 0 Å². The standard InChI is InChI=1S/C12H14O2.H3NO2S/c1-2-4-10(6-12-8-14-12)9(3-1)5-11-7-13-11;1-4(2)3/h1-4,11-12H,5-8H2;4H,(H2,1,2,3). The van der Waals surface area contributed by atoms with Crippen LogP contribution in [0.25, 0.3) is 0 Å². The third-order valence-electron chi connectivity index (χ3n) is 2.82. The zero-order valence-electron chi connectivity index (χ0n) is 9.95. The smallest absolute Gasteiger partial charge is 0.198 e. The van der Waals surface area contributed by atoms with Gasteiger partial charge in [0.2, 0.25) is 0 Å². The summed E-state index contributed by atoms with van der Waals surface area (Å²) in [7, 11) is -2.62. The van der Waals surface area contributed by atoms with Crippen molar-refractivity contribution < 1.29 is 17.9 Å². The number of ether oxygens (including phenoxy) is 2. The van der Waals surface area contributed by atoms with Gasteiger partial charge in [0.25, 0.3) is 0 Å². The normalized spacial score (nSPS) is 24.3. The summed E-state index contributed by atoms with van der Waals surface area (Å²) >= 11 is 0. The highest BCUT2D eigenvalue weighted by Gasteiger charge is 2.26. The van der Waals surface area contributed by atoms with Crippen molar-refractivity contribution in [3.05, 3.63) is 35.4 Å². The molecule has 0 spiro atoms. The van der Waals surface area contributed by atoms with Crippen LogP contribution >= 0.6 is 0 Å². The molecule has 2 atom stereocenters. The van der Waals surface area contributed by atoms with Gasteiger partial charge in [-0.2, -0.15) is 0 Å². The summed E-state index contributed by atoms with van der Waals surface area (Å²) in [5, 5.41) is 4.06. The molecule has 18 heavy (non-hydrogen) atoms. The van der Waals surface area contributed by atoms with Crippen molar-refractivity contribution in [3.8, 4) is 0 Å². The first-order valence-electron chi connectivity index (χ1n) is 5.84. The van der Waals surface area contributed by atoms with E-state index in [1.165, 1.54) is 11.1 Å². The van der Waals surface area contributed by atoms with Gasteiger partial charge in [-0.05, 0) is 11.1 Å². The Balaban J connectivity index is 0.000000267. The van der Waals surface area contributed by atoms with Gasteiger partial charge in [0, 0.05) is 12.8 Å². The SMILES string of the molecule is N[SH](=O)=O.c1ccc(CC2CO2)c(CC2CO2)c1. The van der Waals surface area contributed by atoms with Crippen LogP contribution in [0.3, 0.4) is 0 Å². The summed E-state index contributed by atoms with van der Waals surface area (Å²) in [6.07, 6.45) is 3.11. The highest BCUT2D eigenvalue weighted by molar-refractivity contribution is 7.69. The van der Waals surface area contributed by atoms with Crippen LogP contribution in [0.1, 0.15) is 11.1 Å². The van der Waals surface area contributed by atoms with Crippen molar-refractivity contribution in [2.45, 2.75) is 25.0 Å². The fourth-order valence-corrected chi connectivity index (χ4v) is 1.82. The minimum absolute atomic E-state index is 0.483. The van der Waals surface area contributed by atoms with Gasteiger partial charge >= 0.3 is 0 Å². The van der Waals surface area contributed by atoms with Crippen molar-refractivity contribution in [1.82, 2.24) is 0 Å². The maximum absolute atomic E-state index is 8.81. The van der Waals surface area contributed by atoms with Crippen molar-refractivity contribution in [3.63, 3.8) is 0 Å². The molecule has 1 aromatic rings. The minimum Gasteiger partial charge on any atom is -0.373 e. The van der Waals surface area contributed by atoms with Gasteiger partial charge in [-0.25, -0.2) is 13.6 Å². The summed E-state index contributed by atoms with van der Waals surface area (Å²) < 4.78 is 28.1. The molecule has 0 aromatic heterocycles. The molecular weight excluding hydrogens is 254 g/mol. The molecule has 2 saturated heterocycles. The van der Waals surface area contributed by atoms with Crippen molar-refractivity contribution in [1.29, 1.82) is 0 Å². The van der Waals surface area contributed by atoms with Crippen LogP contribution in [0.5, 0.6) is 0 Å². The molecule has 5 nitrogen and oxygen atoms in total. The fourth-order valence-electron chi connectivity index (χ4n) is 1.82. The first-order chi connectivity index (χ1) is 8.65. The second kappa shape index (κ2) is 6.29. The molecular formula is C12H17NO4S. The Kier molecular flexibility index (Phi) is 4.71. The van der Waals surface area contributed by atoms with Crippen LogP contribution in [0.15, 0.2) is 24.3 Å². The zero-order valence-corrected chi connectivity index (χ0v) is 10.8. The average Bonchev–Trinajstić information content (AvgIpc) is 3.14. The monoisotopic (exact) mass is 271 g/mol. The van der Waals surface area contributed by atoms with Crippen LogP contribution in [0.4, 0.5) is 0 Å². The third kappa shape index (κ3) is 5.14. The van der Waals surface area contributed by atoms with Crippen LogP contribution in [-0.4, -0.2) is 33.8 Å². The lowest BCUT2D eigenvalue weighted by Crippen LogP contribution is -2.01. The number of hydrogen-bond acceptors (Lipinski definition) is 4. The molecule has 6 heteroatoms. The van der Waals surface area contributed by atoms with Crippen LogP contribution in [0.2, 0.25) is 0 Å². The molecule has 100 valence electrons. The third-order valence-corrected chi connectivity index (χ3v) is 2.82. The average molecular weight is 271 g/mol. The Morgan fingerprint density at radius 2 is 1.39 bits per heavy atom. The van der Waals surface area contributed by atoms with Crippen molar-refractivity contribution in [2.24, 2.45) is 5.14 Å². The lowest BCUT2D eigenvalue weighted by molar-refractivity contribution is 0.401. The van der Waals surface area contributed by atoms with Gasteiger partial charge in [-0.15, -0.1) is 0 Å². The zero-order chi connectivity index (χ0) is 13.0. The predicted octanol–water partition coefficient (Wildman–Crippen LogP) is 0.0407. The van der Waals surface area contributed by atoms with Gasteiger partial charge < -0.3 is 9.47 Å². The summed E-state index contributed by atoms with van der Waals surface area (Å²) in [5.74, 6) is 0. The van der Waals surface area contributed by atoms with Crippen molar-refractivity contribution in [2.75, 3.05) is 13.2 Å². The largest absolute Gasteiger partial charge is 0.373 e. The molecule has 2 aliphatic heterocycles. The highest BCUT2D eigenvalue weighted by Crippen LogP contribution is 2.23. The van der Waals surface area contributed by atoms with Gasteiger partial charge in [-0.3, -0.25) is 0 Å². The first-order valence-corrected chi connectivity index (χ1v) is 7.09. The number of benzene rings is 1. The van der Waals surface area contributed by atoms with E-state index in [1.54, 1.807) is 0 Å². The fraction of sp³-hybridized carbons (Fsp3) is 0.500. The molecule has 0 radical (unpaired) electrons. The molecule has 1 aromatic carbocycles. The Morgan fingerprint density at radius 3 is 1.67 bits per heavy atom. The number of thiol groups is 1. The highest BCUT2D eigenvalue weighted by atomic mass is 32.2. The first kappa shape index (κ1) is 13.5. The lowest BCUT2D eigenvalue weighted by Gasteiger charge is -2.06. The molecule has 2 aliphatic rings. The Bertz CT molecular complexity index is 426. The maximum Gasteiger partial charge on any atom is 0.198 e. The summed E-state index contributed by atoms with van der Waals surface area (Å²) in [5.41, 5.74) is 2.87. The van der Waals surface area contributed by atoms with Crippen LogP contribution in [-0.2, 0) is 33.2 Å². The van der Waals surface area contributed by atoms with E-state index in [1.807, 2.05) is 0 Å². The van der Waals surface area contributed by atoms with E-state index in [0.29, 0.717) is 12.2 Å². The molecule has 2 unspecified atom stereocenters. The Morgan fingerprint density at radius 1 is 1.06 bits per heavy atom. The molecule has 0 bridgehead atoms. The molecule has 3 rings (SSSR count). The van der Waals surface area contributed by atoms with E-state index < -0.39 is 10.9 Å². The maximum atomic E-state index is 8.81. The van der Waals surface area contributed by atoms with Gasteiger partial charge in [0.05, 0.1) is 25.4 Å². The van der Waals surface area contributed by atoms with Gasteiger partial charge in [-0.1, -0.05) is 24.3 Å². The quantitative estimate of drug-likeness (QED) is 0.598. The number of hydrogen-bond donors (Lipinski definition) is 2. The summed E-state index contributed by atoms with van der Waals surface area (Å²) in [6, 6.07) is 8.63. The predicted molar refractivity (Wildman–Crippen MR) is 67.8 cm³/mol. The van der Waals surface area contributed by atoms with Gasteiger partial charge in [0.15, 0.2) is 10.9 Å². The molecule has 0 amide bonds. The molecule has 0 aliphatic carbocycles. The second-order valence-corrected chi connectivity index (χ2v) is 4.94. The minimum atomic E-state index is -2.62. The Labute approximate surface area is 108 Å². The molecule has 2 fully saturated rings. The van der Waals surface area contributed by atoms with Crippen LogP contribution in [0, 0.1) is 0 Å². The van der Waals surface area contributed by atoms with Crippen molar-refractivity contribution >= 4 is 10.9 Å². The molecule has 2 heterocycles. The van der Waals surface area contributed by atoms with Crippen LogP contribution < -0.4 is 5.14 Å². The van der Waals surface area contributed by atoms with E-state index in [4.69, 9.17) is 17.9 Å². The van der Waals surface area contributed by atoms with E-state index in [9.17, 15) is 0 Å². The molecule has 0 saturated carbocycles. The summed E-state index contributed by atoms with van der Waals surface area (Å²) in [4.78, 5) is 0. The second-order valence-electron chi connectivity index (χ2n) is 4.37. The lowest BCUT2D eigenvalue weighted by atomic mass is 9.99. The van der Waals surface area contributed by atoms with Gasteiger partial charge in [0.1, 0.15) is 0 Å². The Hall–Kier alpha value is -0.950. The summed E-state index contributed by atoms with van der Waals surface area (Å²) in [6.45, 7) is 1.88. The van der Waals surface area contributed by atoms with E-state index in [2.05, 4.69) is 29.4 Å².